The lowest BCUT2D eigenvalue weighted by Gasteiger charge is -2.38. The van der Waals surface area contributed by atoms with E-state index in [1.165, 1.54) is 77.0 Å². The van der Waals surface area contributed by atoms with Gasteiger partial charge in [-0.25, -0.2) is 0 Å². The normalized spacial score (nSPS) is 33.0. The number of ether oxygens (including phenoxy) is 2. The highest BCUT2D eigenvalue weighted by atomic mass is 16.7. The van der Waals surface area contributed by atoms with Crippen molar-refractivity contribution in [3.8, 4) is 0 Å². The van der Waals surface area contributed by atoms with Crippen molar-refractivity contribution in [2.45, 2.75) is 110 Å². The molecule has 0 aromatic heterocycles. The van der Waals surface area contributed by atoms with Crippen molar-refractivity contribution in [2.75, 3.05) is 6.61 Å². The number of rotatable bonds is 9. The van der Waals surface area contributed by atoms with Crippen LogP contribution in [0.5, 0.6) is 0 Å². The Labute approximate surface area is 138 Å². The van der Waals surface area contributed by atoms with E-state index in [4.69, 9.17) is 9.47 Å². The second-order valence-electron chi connectivity index (χ2n) is 7.56. The molecule has 130 valence electrons. The highest BCUT2D eigenvalue weighted by Crippen LogP contribution is 2.36. The summed E-state index contributed by atoms with van der Waals surface area (Å²) in [6.07, 6.45) is 17.9. The summed E-state index contributed by atoms with van der Waals surface area (Å²) in [7, 11) is 0. The fourth-order valence-electron chi connectivity index (χ4n) is 4.21. The molecule has 2 atom stereocenters. The molecule has 22 heavy (non-hydrogen) atoms. The molecule has 0 radical (unpaired) electrons. The van der Waals surface area contributed by atoms with Crippen LogP contribution in [0, 0.1) is 11.8 Å². The molecule has 2 aliphatic rings. The zero-order valence-electron chi connectivity index (χ0n) is 15.0. The first-order chi connectivity index (χ1) is 10.8. The van der Waals surface area contributed by atoms with Crippen molar-refractivity contribution >= 4 is 0 Å². The summed E-state index contributed by atoms with van der Waals surface area (Å²) in [6.45, 7) is 5.51. The van der Waals surface area contributed by atoms with Crippen molar-refractivity contribution in [2.24, 2.45) is 11.8 Å². The monoisotopic (exact) mass is 310 g/mol. The van der Waals surface area contributed by atoms with Crippen LogP contribution >= 0.6 is 0 Å². The van der Waals surface area contributed by atoms with Gasteiger partial charge < -0.3 is 9.47 Å². The first-order valence-corrected chi connectivity index (χ1v) is 10.1. The average molecular weight is 311 g/mol. The molecule has 2 heteroatoms. The largest absolute Gasteiger partial charge is 0.352 e. The predicted molar refractivity (Wildman–Crippen MR) is 93.0 cm³/mol. The number of unbranched alkanes of at least 4 members (excludes halogenated alkanes) is 4. The molecular weight excluding hydrogens is 272 g/mol. The van der Waals surface area contributed by atoms with E-state index in [1.54, 1.807) is 0 Å². The summed E-state index contributed by atoms with van der Waals surface area (Å²) >= 11 is 0. The Morgan fingerprint density at radius 1 is 0.773 bits per heavy atom. The van der Waals surface area contributed by atoms with Gasteiger partial charge in [-0.3, -0.25) is 0 Å². The Morgan fingerprint density at radius 2 is 1.55 bits per heavy atom. The molecule has 1 saturated carbocycles. The molecule has 1 saturated heterocycles. The summed E-state index contributed by atoms with van der Waals surface area (Å²) in [4.78, 5) is 0. The molecule has 0 amide bonds. The Kier molecular flexibility index (Phi) is 8.84. The molecule has 0 aromatic carbocycles. The van der Waals surface area contributed by atoms with Crippen LogP contribution in [0.3, 0.4) is 0 Å². The zero-order chi connectivity index (χ0) is 15.6. The van der Waals surface area contributed by atoms with Crippen molar-refractivity contribution in [3.05, 3.63) is 0 Å². The highest BCUT2D eigenvalue weighted by molar-refractivity contribution is 4.77. The minimum Gasteiger partial charge on any atom is -0.352 e. The maximum absolute atomic E-state index is 6.31. The standard InChI is InChI=1S/C20H38O2/c1-3-5-6-7-8-10-19-15-16-21-20(22-19)18-13-11-17(9-4-2)12-14-18/h17-20H,3-16H2,1-2H3. The summed E-state index contributed by atoms with van der Waals surface area (Å²) < 4.78 is 12.3. The van der Waals surface area contributed by atoms with Gasteiger partial charge in [0.2, 0.25) is 0 Å². The Morgan fingerprint density at radius 3 is 2.27 bits per heavy atom. The molecule has 2 rings (SSSR count). The van der Waals surface area contributed by atoms with Gasteiger partial charge in [-0.1, -0.05) is 58.8 Å². The van der Waals surface area contributed by atoms with Crippen LogP contribution in [0.25, 0.3) is 0 Å². The molecular formula is C20H38O2. The van der Waals surface area contributed by atoms with Crippen LogP contribution < -0.4 is 0 Å². The second-order valence-corrected chi connectivity index (χ2v) is 7.56. The molecule has 0 bridgehead atoms. The SMILES string of the molecule is CCCCCCCC1CCOC(C2CCC(CCC)CC2)O1. The van der Waals surface area contributed by atoms with Gasteiger partial charge in [0, 0.05) is 5.92 Å². The zero-order valence-corrected chi connectivity index (χ0v) is 15.0. The van der Waals surface area contributed by atoms with Crippen LogP contribution in [0.1, 0.15) is 97.3 Å². The van der Waals surface area contributed by atoms with Crippen molar-refractivity contribution in [1.82, 2.24) is 0 Å². The van der Waals surface area contributed by atoms with E-state index in [9.17, 15) is 0 Å². The van der Waals surface area contributed by atoms with Crippen LogP contribution in [-0.4, -0.2) is 19.0 Å². The third-order valence-electron chi connectivity index (χ3n) is 5.65. The molecule has 2 unspecified atom stereocenters. The van der Waals surface area contributed by atoms with Crippen molar-refractivity contribution < 1.29 is 9.47 Å². The van der Waals surface area contributed by atoms with Gasteiger partial charge in [-0.2, -0.15) is 0 Å². The summed E-state index contributed by atoms with van der Waals surface area (Å²) in [5, 5.41) is 0. The fraction of sp³-hybridized carbons (Fsp3) is 1.00. The molecule has 2 nitrogen and oxygen atoms in total. The van der Waals surface area contributed by atoms with Crippen molar-refractivity contribution in [3.63, 3.8) is 0 Å². The lowest BCUT2D eigenvalue weighted by atomic mass is 9.79. The number of hydrogen-bond donors (Lipinski definition) is 0. The second kappa shape index (κ2) is 10.6. The maximum Gasteiger partial charge on any atom is 0.160 e. The molecule has 2 fully saturated rings. The molecule has 0 N–H and O–H groups in total. The van der Waals surface area contributed by atoms with E-state index in [0.717, 1.165) is 18.9 Å². The molecule has 1 aliphatic carbocycles. The van der Waals surface area contributed by atoms with Crippen LogP contribution in [0.2, 0.25) is 0 Å². The van der Waals surface area contributed by atoms with E-state index < -0.39 is 0 Å². The summed E-state index contributed by atoms with van der Waals surface area (Å²) in [5.74, 6) is 1.63. The van der Waals surface area contributed by atoms with E-state index in [-0.39, 0.29) is 6.29 Å². The third-order valence-corrected chi connectivity index (χ3v) is 5.65. The quantitative estimate of drug-likeness (QED) is 0.480. The Hall–Kier alpha value is -0.0800. The van der Waals surface area contributed by atoms with E-state index in [2.05, 4.69) is 13.8 Å². The molecule has 1 heterocycles. The van der Waals surface area contributed by atoms with Crippen LogP contribution in [-0.2, 0) is 9.47 Å². The third kappa shape index (κ3) is 6.20. The smallest absolute Gasteiger partial charge is 0.160 e. The molecule has 0 aromatic rings. The van der Waals surface area contributed by atoms with Gasteiger partial charge in [-0.15, -0.1) is 0 Å². The topological polar surface area (TPSA) is 18.5 Å². The van der Waals surface area contributed by atoms with Gasteiger partial charge in [0.25, 0.3) is 0 Å². The van der Waals surface area contributed by atoms with Gasteiger partial charge >= 0.3 is 0 Å². The first kappa shape index (κ1) is 18.3. The van der Waals surface area contributed by atoms with Crippen LogP contribution in [0.4, 0.5) is 0 Å². The minimum absolute atomic E-state index is 0.108. The van der Waals surface area contributed by atoms with Gasteiger partial charge in [0.05, 0.1) is 12.7 Å². The lowest BCUT2D eigenvalue weighted by molar-refractivity contribution is -0.241. The fourth-order valence-corrected chi connectivity index (χ4v) is 4.21. The highest BCUT2D eigenvalue weighted by Gasteiger charge is 2.32. The van der Waals surface area contributed by atoms with Crippen molar-refractivity contribution in [1.29, 1.82) is 0 Å². The lowest BCUT2D eigenvalue weighted by Crippen LogP contribution is -2.38. The average Bonchev–Trinajstić information content (AvgIpc) is 2.56. The maximum atomic E-state index is 6.31. The predicted octanol–water partition coefficient (Wildman–Crippen LogP) is 6.09. The Bertz CT molecular complexity index is 271. The van der Waals surface area contributed by atoms with Crippen LogP contribution in [0.15, 0.2) is 0 Å². The van der Waals surface area contributed by atoms with E-state index >= 15 is 0 Å². The number of hydrogen-bond acceptors (Lipinski definition) is 2. The van der Waals surface area contributed by atoms with Gasteiger partial charge in [-0.05, 0) is 44.4 Å². The minimum atomic E-state index is 0.108. The molecule has 0 spiro atoms. The van der Waals surface area contributed by atoms with E-state index in [1.807, 2.05) is 0 Å². The first-order valence-electron chi connectivity index (χ1n) is 10.1. The van der Waals surface area contributed by atoms with Gasteiger partial charge in [0.15, 0.2) is 6.29 Å². The Balaban J connectivity index is 1.63. The summed E-state index contributed by atoms with van der Waals surface area (Å²) in [5.41, 5.74) is 0. The summed E-state index contributed by atoms with van der Waals surface area (Å²) in [6, 6.07) is 0. The molecule has 1 aliphatic heterocycles. The van der Waals surface area contributed by atoms with E-state index in [0.29, 0.717) is 12.0 Å². The van der Waals surface area contributed by atoms with Gasteiger partial charge in [0.1, 0.15) is 0 Å².